The monoisotopic (exact) mass is 194 g/mol. The molecule has 0 radical (unpaired) electrons. The molecular weight excluding hydrogens is 176 g/mol. The number of nitrogens with zero attached hydrogens (tertiary/aromatic N) is 1. The number of pyridine rings is 1. The van der Waals surface area contributed by atoms with Gasteiger partial charge in [-0.1, -0.05) is 32.8 Å². The van der Waals surface area contributed by atoms with Crippen molar-refractivity contribution in [3.8, 4) is 0 Å². The third-order valence-corrected chi connectivity index (χ3v) is 2.53. The summed E-state index contributed by atoms with van der Waals surface area (Å²) in [6.45, 7) is 5.20. The maximum atomic E-state index is 11.3. The van der Waals surface area contributed by atoms with Crippen molar-refractivity contribution in [1.82, 2.24) is 4.68 Å². The molecule has 0 bridgehead atoms. The molecule has 0 aliphatic carbocycles. The molecule has 0 aliphatic heterocycles. The van der Waals surface area contributed by atoms with Crippen LogP contribution in [0.25, 0.3) is 0 Å². The molecule has 0 amide bonds. The van der Waals surface area contributed by atoms with Crippen molar-refractivity contribution in [2.75, 3.05) is 12.0 Å². The Balaban J connectivity index is 2.53. The van der Waals surface area contributed by atoms with Gasteiger partial charge in [-0.2, -0.15) is 0 Å². The van der Waals surface area contributed by atoms with Gasteiger partial charge in [0.25, 0.3) is 5.56 Å². The fraction of sp³-hybridized carbons (Fsp3) is 0.545. The second kappa shape index (κ2) is 5.47. The van der Waals surface area contributed by atoms with Crippen LogP contribution in [0.5, 0.6) is 0 Å². The highest BCUT2D eigenvalue weighted by molar-refractivity contribution is 4.95. The molecule has 0 spiro atoms. The number of aromatic nitrogens is 1. The molecule has 0 saturated carbocycles. The lowest BCUT2D eigenvalue weighted by Crippen LogP contribution is -2.30. The minimum Gasteiger partial charge on any atom is -0.323 e. The van der Waals surface area contributed by atoms with Gasteiger partial charge in [-0.05, 0) is 12.0 Å². The number of nitrogens with one attached hydrogen (secondary N) is 1. The molecule has 0 aliphatic rings. The highest BCUT2D eigenvalue weighted by Gasteiger charge is 2.02. The molecule has 3 heteroatoms. The van der Waals surface area contributed by atoms with Gasteiger partial charge in [0.1, 0.15) is 0 Å². The molecule has 1 heterocycles. The van der Waals surface area contributed by atoms with Gasteiger partial charge in [0.15, 0.2) is 0 Å². The molecule has 0 aromatic carbocycles. The van der Waals surface area contributed by atoms with Crippen molar-refractivity contribution in [1.29, 1.82) is 0 Å². The third-order valence-electron chi connectivity index (χ3n) is 2.53. The van der Waals surface area contributed by atoms with E-state index < -0.39 is 0 Å². The highest BCUT2D eigenvalue weighted by atomic mass is 16.1. The summed E-state index contributed by atoms with van der Waals surface area (Å²) in [7, 11) is 0. The van der Waals surface area contributed by atoms with E-state index in [4.69, 9.17) is 0 Å². The molecule has 1 aromatic rings. The maximum Gasteiger partial charge on any atom is 0.268 e. The summed E-state index contributed by atoms with van der Waals surface area (Å²) in [6.07, 6.45) is 4.04. The number of hydrogen-bond donors (Lipinski definition) is 1. The largest absolute Gasteiger partial charge is 0.323 e. The van der Waals surface area contributed by atoms with Crippen molar-refractivity contribution in [2.45, 2.75) is 26.7 Å². The van der Waals surface area contributed by atoms with Crippen LogP contribution in [-0.2, 0) is 0 Å². The molecule has 0 atom stereocenters. The predicted molar refractivity (Wildman–Crippen MR) is 59.0 cm³/mol. The second-order valence-corrected chi connectivity index (χ2v) is 3.45. The molecule has 3 nitrogen and oxygen atoms in total. The van der Waals surface area contributed by atoms with Gasteiger partial charge in [0.05, 0.1) is 0 Å². The minimum absolute atomic E-state index is 0.00143. The van der Waals surface area contributed by atoms with Gasteiger partial charge in [-0.15, -0.1) is 0 Å². The molecule has 0 saturated heterocycles. The zero-order valence-corrected chi connectivity index (χ0v) is 8.86. The first-order chi connectivity index (χ1) is 6.77. The standard InChI is InChI=1S/C11H18N2O/c1-3-10(4-2)9-12-13-8-6-5-7-11(13)14/h5-8,10,12H,3-4,9H2,1-2H3. The average molecular weight is 194 g/mol. The fourth-order valence-electron chi connectivity index (χ4n) is 1.36. The predicted octanol–water partition coefficient (Wildman–Crippen LogP) is 1.83. The van der Waals surface area contributed by atoms with E-state index in [2.05, 4.69) is 19.3 Å². The van der Waals surface area contributed by atoms with Crippen molar-refractivity contribution in [2.24, 2.45) is 5.92 Å². The number of hydrogen-bond acceptors (Lipinski definition) is 2. The fourth-order valence-corrected chi connectivity index (χ4v) is 1.36. The van der Waals surface area contributed by atoms with E-state index in [9.17, 15) is 4.79 Å². The van der Waals surface area contributed by atoms with E-state index in [0.29, 0.717) is 5.92 Å². The molecule has 1 aromatic heterocycles. The first-order valence-electron chi connectivity index (χ1n) is 5.19. The summed E-state index contributed by atoms with van der Waals surface area (Å²) in [5.74, 6) is 0.641. The lowest BCUT2D eigenvalue weighted by atomic mass is 10.0. The number of rotatable bonds is 5. The third kappa shape index (κ3) is 2.91. The Morgan fingerprint density at radius 1 is 1.36 bits per heavy atom. The SMILES string of the molecule is CCC(CC)CNn1ccccc1=O. The van der Waals surface area contributed by atoms with Crippen molar-refractivity contribution in [3.05, 3.63) is 34.7 Å². The Morgan fingerprint density at radius 3 is 2.64 bits per heavy atom. The molecular formula is C11H18N2O. The molecule has 0 unspecified atom stereocenters. The smallest absolute Gasteiger partial charge is 0.268 e. The van der Waals surface area contributed by atoms with Gasteiger partial charge >= 0.3 is 0 Å². The van der Waals surface area contributed by atoms with E-state index in [0.717, 1.165) is 19.4 Å². The molecule has 0 fully saturated rings. The van der Waals surface area contributed by atoms with Gasteiger partial charge in [0.2, 0.25) is 0 Å². The van der Waals surface area contributed by atoms with Crippen LogP contribution in [0.3, 0.4) is 0 Å². The molecule has 14 heavy (non-hydrogen) atoms. The van der Waals surface area contributed by atoms with Crippen LogP contribution >= 0.6 is 0 Å². The Hall–Kier alpha value is -1.25. The van der Waals surface area contributed by atoms with Crippen molar-refractivity contribution >= 4 is 0 Å². The van der Waals surface area contributed by atoms with Crippen LogP contribution in [-0.4, -0.2) is 11.2 Å². The molecule has 78 valence electrons. The summed E-state index contributed by atoms with van der Waals surface area (Å²) in [6, 6.07) is 5.15. The normalized spacial score (nSPS) is 10.5. The van der Waals surface area contributed by atoms with Crippen molar-refractivity contribution < 1.29 is 0 Å². The summed E-state index contributed by atoms with van der Waals surface area (Å²) in [5.41, 5.74) is 3.12. The zero-order chi connectivity index (χ0) is 10.4. The first-order valence-corrected chi connectivity index (χ1v) is 5.19. The van der Waals surface area contributed by atoms with Crippen LogP contribution in [0.2, 0.25) is 0 Å². The molecule has 1 N–H and O–H groups in total. The second-order valence-electron chi connectivity index (χ2n) is 3.45. The van der Waals surface area contributed by atoms with Crippen LogP contribution in [0, 0.1) is 5.92 Å². The Labute approximate surface area is 84.7 Å². The quantitative estimate of drug-likeness (QED) is 0.776. The van der Waals surface area contributed by atoms with E-state index in [1.54, 1.807) is 23.0 Å². The van der Waals surface area contributed by atoms with Gasteiger partial charge < -0.3 is 5.43 Å². The van der Waals surface area contributed by atoms with E-state index in [1.807, 2.05) is 6.07 Å². The summed E-state index contributed by atoms with van der Waals surface area (Å²) in [4.78, 5) is 11.3. The summed E-state index contributed by atoms with van der Waals surface area (Å²) < 4.78 is 1.54. The van der Waals surface area contributed by atoms with Crippen LogP contribution < -0.4 is 11.0 Å². The van der Waals surface area contributed by atoms with Crippen molar-refractivity contribution in [3.63, 3.8) is 0 Å². The van der Waals surface area contributed by atoms with E-state index in [-0.39, 0.29) is 5.56 Å². The van der Waals surface area contributed by atoms with Crippen LogP contribution in [0.1, 0.15) is 26.7 Å². The summed E-state index contributed by atoms with van der Waals surface area (Å²) >= 11 is 0. The van der Waals surface area contributed by atoms with Gasteiger partial charge in [0, 0.05) is 18.8 Å². The topological polar surface area (TPSA) is 34.0 Å². The first kappa shape index (κ1) is 10.8. The lowest BCUT2D eigenvalue weighted by molar-refractivity contribution is 0.498. The highest BCUT2D eigenvalue weighted by Crippen LogP contribution is 2.05. The Kier molecular flexibility index (Phi) is 4.23. The minimum atomic E-state index is -0.00143. The van der Waals surface area contributed by atoms with Gasteiger partial charge in [-0.25, -0.2) is 4.68 Å². The zero-order valence-electron chi connectivity index (χ0n) is 8.86. The average Bonchev–Trinajstić information content (AvgIpc) is 2.22. The van der Waals surface area contributed by atoms with E-state index >= 15 is 0 Å². The Bertz CT molecular complexity index is 315. The Morgan fingerprint density at radius 2 is 2.07 bits per heavy atom. The maximum absolute atomic E-state index is 11.3. The van der Waals surface area contributed by atoms with Gasteiger partial charge in [-0.3, -0.25) is 4.79 Å². The van der Waals surface area contributed by atoms with Crippen LogP contribution in [0.4, 0.5) is 0 Å². The van der Waals surface area contributed by atoms with E-state index in [1.165, 1.54) is 0 Å². The molecule has 1 rings (SSSR count). The summed E-state index contributed by atoms with van der Waals surface area (Å²) in [5, 5.41) is 0. The lowest BCUT2D eigenvalue weighted by Gasteiger charge is -2.15. The van der Waals surface area contributed by atoms with Crippen LogP contribution in [0.15, 0.2) is 29.2 Å².